The second-order valence-electron chi connectivity index (χ2n) is 6.06. The standard InChI is InChI=1S/C14H19Cl2N5O2/c1-5-6-7-20(14(2,3)4)13(22)23-21-8-17-9-10(15)18-12(16)19-11(9)21/h8H,5-7H2,1-4H3. The van der Waals surface area contributed by atoms with E-state index in [0.717, 1.165) is 17.6 Å². The normalized spacial score (nSPS) is 11.7. The Labute approximate surface area is 144 Å². The van der Waals surface area contributed by atoms with Gasteiger partial charge >= 0.3 is 6.09 Å². The van der Waals surface area contributed by atoms with Gasteiger partial charge in [0, 0.05) is 12.1 Å². The van der Waals surface area contributed by atoms with E-state index in [1.165, 1.54) is 6.33 Å². The number of fused-ring (bicyclic) bond motifs is 1. The predicted molar refractivity (Wildman–Crippen MR) is 88.7 cm³/mol. The number of amides is 1. The maximum absolute atomic E-state index is 12.5. The Bertz CT molecular complexity index is 711. The molecule has 0 fully saturated rings. The number of halogens is 2. The van der Waals surface area contributed by atoms with Crippen LogP contribution in [0.1, 0.15) is 40.5 Å². The third-order valence-electron chi connectivity index (χ3n) is 3.24. The molecule has 0 unspecified atom stereocenters. The van der Waals surface area contributed by atoms with Crippen molar-refractivity contribution in [2.45, 2.75) is 46.1 Å². The third-order valence-corrected chi connectivity index (χ3v) is 3.67. The smallest absolute Gasteiger partial charge is 0.314 e. The lowest BCUT2D eigenvalue weighted by molar-refractivity contribution is 0.0624. The summed E-state index contributed by atoms with van der Waals surface area (Å²) in [6.07, 6.45) is 2.69. The van der Waals surface area contributed by atoms with Crippen molar-refractivity contribution < 1.29 is 9.63 Å². The van der Waals surface area contributed by atoms with Crippen molar-refractivity contribution in [3.63, 3.8) is 0 Å². The van der Waals surface area contributed by atoms with Crippen LogP contribution >= 0.6 is 23.2 Å². The molecule has 126 valence electrons. The zero-order valence-corrected chi connectivity index (χ0v) is 15.0. The van der Waals surface area contributed by atoms with Crippen molar-refractivity contribution in [1.82, 2.24) is 24.6 Å². The molecule has 0 spiro atoms. The van der Waals surface area contributed by atoms with Crippen LogP contribution in [-0.4, -0.2) is 42.8 Å². The maximum Gasteiger partial charge on any atom is 0.435 e. The number of imidazole rings is 1. The number of rotatable bonds is 4. The molecule has 2 aromatic heterocycles. The van der Waals surface area contributed by atoms with Crippen molar-refractivity contribution >= 4 is 40.5 Å². The Hall–Kier alpha value is -1.60. The summed E-state index contributed by atoms with van der Waals surface area (Å²) in [5.41, 5.74) is 0.194. The molecule has 0 saturated carbocycles. The van der Waals surface area contributed by atoms with Crippen LogP contribution in [0.4, 0.5) is 4.79 Å². The van der Waals surface area contributed by atoms with E-state index >= 15 is 0 Å². The molecule has 2 rings (SSSR count). The van der Waals surface area contributed by atoms with E-state index in [-0.39, 0.29) is 21.6 Å². The number of hydrogen-bond acceptors (Lipinski definition) is 5. The molecule has 0 bridgehead atoms. The first-order valence-corrected chi connectivity index (χ1v) is 8.05. The van der Waals surface area contributed by atoms with Gasteiger partial charge in [-0.1, -0.05) is 24.9 Å². The van der Waals surface area contributed by atoms with Gasteiger partial charge in [-0.2, -0.15) is 4.98 Å². The fourth-order valence-corrected chi connectivity index (χ4v) is 2.46. The number of carbonyl (C=O) groups is 1. The van der Waals surface area contributed by atoms with E-state index in [1.807, 2.05) is 20.8 Å². The van der Waals surface area contributed by atoms with E-state index in [1.54, 1.807) is 4.90 Å². The van der Waals surface area contributed by atoms with Gasteiger partial charge in [-0.25, -0.2) is 14.8 Å². The molecule has 0 saturated heterocycles. The molecule has 0 aliphatic heterocycles. The molecule has 0 aliphatic rings. The Balaban J connectivity index is 2.28. The summed E-state index contributed by atoms with van der Waals surface area (Å²) in [5, 5.41) is 0.0624. The van der Waals surface area contributed by atoms with Crippen LogP contribution in [-0.2, 0) is 0 Å². The highest BCUT2D eigenvalue weighted by Crippen LogP contribution is 2.21. The van der Waals surface area contributed by atoms with Crippen LogP contribution < -0.4 is 4.84 Å². The predicted octanol–water partition coefficient (Wildman–Crippen LogP) is 3.58. The molecule has 2 heterocycles. The van der Waals surface area contributed by atoms with Gasteiger partial charge in [0.2, 0.25) is 10.9 Å². The van der Waals surface area contributed by atoms with Crippen molar-refractivity contribution in [3.8, 4) is 0 Å². The molecule has 0 aliphatic carbocycles. The van der Waals surface area contributed by atoms with Gasteiger partial charge in [0.1, 0.15) is 11.8 Å². The topological polar surface area (TPSA) is 73.1 Å². The quantitative estimate of drug-likeness (QED) is 0.616. The minimum atomic E-state index is -0.490. The highest BCUT2D eigenvalue weighted by atomic mass is 35.5. The summed E-state index contributed by atoms with van der Waals surface area (Å²) in [5.74, 6) is 0. The van der Waals surface area contributed by atoms with Gasteiger partial charge < -0.3 is 9.74 Å². The Morgan fingerprint density at radius 3 is 2.65 bits per heavy atom. The van der Waals surface area contributed by atoms with E-state index in [0.29, 0.717) is 12.1 Å². The Kier molecular flexibility index (Phi) is 5.31. The van der Waals surface area contributed by atoms with Crippen molar-refractivity contribution in [3.05, 3.63) is 16.8 Å². The van der Waals surface area contributed by atoms with Gasteiger partial charge in [0.05, 0.1) is 0 Å². The molecular formula is C14H19Cl2N5O2. The zero-order valence-electron chi connectivity index (χ0n) is 13.5. The summed E-state index contributed by atoms with van der Waals surface area (Å²) >= 11 is 11.7. The molecule has 1 amide bonds. The average molecular weight is 360 g/mol. The number of unbranched alkanes of at least 4 members (excludes halogenated alkanes) is 1. The highest BCUT2D eigenvalue weighted by Gasteiger charge is 2.28. The number of carbonyl (C=O) groups excluding carboxylic acids is 1. The Morgan fingerprint density at radius 2 is 2.04 bits per heavy atom. The largest absolute Gasteiger partial charge is 0.435 e. The zero-order chi connectivity index (χ0) is 17.2. The van der Waals surface area contributed by atoms with Crippen LogP contribution in [0, 0.1) is 0 Å². The number of nitrogens with zero attached hydrogens (tertiary/aromatic N) is 5. The molecule has 7 nitrogen and oxygen atoms in total. The third kappa shape index (κ3) is 4.03. The first kappa shape index (κ1) is 17.7. The van der Waals surface area contributed by atoms with Gasteiger partial charge in [0.25, 0.3) is 0 Å². The lowest BCUT2D eigenvalue weighted by Gasteiger charge is -2.34. The SMILES string of the molecule is CCCCN(C(=O)On1cnc2c(Cl)nc(Cl)nc21)C(C)(C)C. The average Bonchev–Trinajstić information content (AvgIpc) is 2.81. The van der Waals surface area contributed by atoms with E-state index in [9.17, 15) is 4.79 Å². The van der Waals surface area contributed by atoms with Crippen LogP contribution in [0.3, 0.4) is 0 Å². The molecule has 2 aromatic rings. The number of aromatic nitrogens is 4. The summed E-state index contributed by atoms with van der Waals surface area (Å²) in [6, 6.07) is 0. The summed E-state index contributed by atoms with van der Waals surface area (Å²) in [6.45, 7) is 8.52. The molecule has 9 heteroatoms. The van der Waals surface area contributed by atoms with Crippen LogP contribution in [0.15, 0.2) is 6.33 Å². The van der Waals surface area contributed by atoms with Crippen molar-refractivity contribution in [2.24, 2.45) is 0 Å². The molecule has 23 heavy (non-hydrogen) atoms. The van der Waals surface area contributed by atoms with Gasteiger partial charge in [-0.15, -0.1) is 4.73 Å². The molecule has 0 N–H and O–H groups in total. The lowest BCUT2D eigenvalue weighted by atomic mass is 10.1. The highest BCUT2D eigenvalue weighted by molar-refractivity contribution is 6.35. The summed E-state index contributed by atoms with van der Waals surface area (Å²) in [4.78, 5) is 31.4. The molecule has 0 radical (unpaired) electrons. The monoisotopic (exact) mass is 359 g/mol. The van der Waals surface area contributed by atoms with Gasteiger partial charge in [-0.3, -0.25) is 0 Å². The van der Waals surface area contributed by atoms with Crippen molar-refractivity contribution in [1.29, 1.82) is 0 Å². The Morgan fingerprint density at radius 1 is 1.35 bits per heavy atom. The molecule has 0 atom stereocenters. The lowest BCUT2D eigenvalue weighted by Crippen LogP contribution is -2.49. The second-order valence-corrected chi connectivity index (χ2v) is 6.76. The van der Waals surface area contributed by atoms with Crippen molar-refractivity contribution in [2.75, 3.05) is 6.54 Å². The van der Waals surface area contributed by atoms with E-state index in [4.69, 9.17) is 28.0 Å². The van der Waals surface area contributed by atoms with Gasteiger partial charge in [-0.05, 0) is 38.8 Å². The van der Waals surface area contributed by atoms with Crippen LogP contribution in [0.5, 0.6) is 0 Å². The minimum Gasteiger partial charge on any atom is -0.314 e. The second kappa shape index (κ2) is 6.88. The minimum absolute atomic E-state index is 0.0426. The summed E-state index contributed by atoms with van der Waals surface area (Å²) in [7, 11) is 0. The fraction of sp³-hybridized carbons (Fsp3) is 0.571. The van der Waals surface area contributed by atoms with E-state index < -0.39 is 6.09 Å². The molecular weight excluding hydrogens is 341 g/mol. The number of hydrogen-bond donors (Lipinski definition) is 0. The fourth-order valence-electron chi connectivity index (χ4n) is 2.04. The summed E-state index contributed by atoms with van der Waals surface area (Å²) < 4.78 is 1.15. The van der Waals surface area contributed by atoms with Crippen LogP contribution in [0.2, 0.25) is 10.4 Å². The first-order chi connectivity index (χ1) is 10.7. The first-order valence-electron chi connectivity index (χ1n) is 7.30. The van der Waals surface area contributed by atoms with Gasteiger partial charge in [0.15, 0.2) is 5.15 Å². The molecule has 0 aromatic carbocycles. The van der Waals surface area contributed by atoms with Crippen LogP contribution in [0.25, 0.3) is 11.2 Å². The maximum atomic E-state index is 12.5. The van der Waals surface area contributed by atoms with E-state index in [2.05, 4.69) is 21.9 Å².